The molecular formula is C12H14ClN5O. The number of halogens is 1. The lowest BCUT2D eigenvalue weighted by molar-refractivity contribution is 0.1000. The summed E-state index contributed by atoms with van der Waals surface area (Å²) in [5.74, 6) is -0.0426. The molecule has 0 atom stereocenters. The molecule has 0 aliphatic carbocycles. The van der Waals surface area contributed by atoms with E-state index in [-0.39, 0.29) is 5.56 Å². The van der Waals surface area contributed by atoms with E-state index in [0.717, 1.165) is 11.3 Å². The van der Waals surface area contributed by atoms with E-state index in [4.69, 9.17) is 17.3 Å². The van der Waals surface area contributed by atoms with E-state index < -0.39 is 5.91 Å². The van der Waals surface area contributed by atoms with E-state index in [1.807, 2.05) is 14.0 Å². The Hall–Kier alpha value is -2.08. The second-order valence-corrected chi connectivity index (χ2v) is 4.56. The quantitative estimate of drug-likeness (QED) is 0.888. The van der Waals surface area contributed by atoms with Crippen molar-refractivity contribution in [2.45, 2.75) is 13.5 Å². The van der Waals surface area contributed by atoms with Crippen LogP contribution >= 0.6 is 11.6 Å². The average molecular weight is 280 g/mol. The maximum Gasteiger partial charge on any atom is 0.250 e. The van der Waals surface area contributed by atoms with Gasteiger partial charge in [0.15, 0.2) is 0 Å². The number of aryl methyl sites for hydroxylation is 1. The zero-order valence-electron chi connectivity index (χ0n) is 10.6. The molecule has 2 rings (SSSR count). The summed E-state index contributed by atoms with van der Waals surface area (Å²) in [5.41, 5.74) is 7.56. The zero-order valence-corrected chi connectivity index (χ0v) is 11.4. The minimum Gasteiger partial charge on any atom is -0.366 e. The van der Waals surface area contributed by atoms with Gasteiger partial charge in [-0.15, -0.1) is 0 Å². The number of nitrogens with two attached hydrogens (primary N) is 1. The van der Waals surface area contributed by atoms with Gasteiger partial charge in [-0.05, 0) is 13.0 Å². The van der Waals surface area contributed by atoms with Crippen molar-refractivity contribution in [3.63, 3.8) is 0 Å². The lowest BCUT2D eigenvalue weighted by Crippen LogP contribution is -2.12. The highest BCUT2D eigenvalue weighted by atomic mass is 35.5. The lowest BCUT2D eigenvalue weighted by atomic mass is 10.2. The SMILES string of the molecule is Cc1c(CNc2ncc(C(N)=O)cc2Cl)cnn1C. The van der Waals surface area contributed by atoms with Crippen molar-refractivity contribution >= 4 is 23.3 Å². The summed E-state index contributed by atoms with van der Waals surface area (Å²) in [7, 11) is 1.88. The fraction of sp³-hybridized carbons (Fsp3) is 0.250. The van der Waals surface area contributed by atoms with Gasteiger partial charge in [0.1, 0.15) is 5.82 Å². The molecule has 6 nitrogen and oxygen atoms in total. The molecule has 0 aromatic carbocycles. The first-order valence-electron chi connectivity index (χ1n) is 5.65. The number of nitrogens with one attached hydrogen (secondary N) is 1. The van der Waals surface area contributed by atoms with Gasteiger partial charge in [0.2, 0.25) is 5.91 Å². The number of hydrogen-bond donors (Lipinski definition) is 2. The van der Waals surface area contributed by atoms with Crippen molar-refractivity contribution in [3.05, 3.63) is 40.3 Å². The Balaban J connectivity index is 2.12. The minimum absolute atomic E-state index is 0.285. The highest BCUT2D eigenvalue weighted by Gasteiger charge is 2.08. The summed E-state index contributed by atoms with van der Waals surface area (Å²) >= 11 is 6.03. The lowest BCUT2D eigenvalue weighted by Gasteiger charge is -2.07. The number of nitrogens with zero attached hydrogens (tertiary/aromatic N) is 3. The molecule has 0 aliphatic rings. The van der Waals surface area contributed by atoms with Gasteiger partial charge in [-0.1, -0.05) is 11.6 Å². The fourth-order valence-electron chi connectivity index (χ4n) is 1.60. The Kier molecular flexibility index (Phi) is 3.71. The number of hydrogen-bond acceptors (Lipinski definition) is 4. The largest absolute Gasteiger partial charge is 0.366 e. The second kappa shape index (κ2) is 5.27. The van der Waals surface area contributed by atoms with Crippen molar-refractivity contribution in [2.75, 3.05) is 5.32 Å². The summed E-state index contributed by atoms with van der Waals surface area (Å²) in [4.78, 5) is 15.1. The molecule has 2 heterocycles. The van der Waals surface area contributed by atoms with E-state index in [1.165, 1.54) is 12.3 Å². The Morgan fingerprint density at radius 1 is 1.53 bits per heavy atom. The van der Waals surface area contributed by atoms with E-state index in [2.05, 4.69) is 15.4 Å². The Bertz CT molecular complexity index is 623. The van der Waals surface area contributed by atoms with Crippen LogP contribution in [0.2, 0.25) is 5.02 Å². The van der Waals surface area contributed by atoms with Gasteiger partial charge >= 0.3 is 0 Å². The number of carbonyl (C=O) groups is 1. The number of primary amides is 1. The van der Waals surface area contributed by atoms with Gasteiger partial charge in [-0.2, -0.15) is 5.10 Å². The molecule has 2 aromatic heterocycles. The molecule has 0 radical (unpaired) electrons. The van der Waals surface area contributed by atoms with Crippen molar-refractivity contribution in [3.8, 4) is 0 Å². The molecule has 0 spiro atoms. The monoisotopic (exact) mass is 279 g/mol. The van der Waals surface area contributed by atoms with Gasteiger partial charge in [0.05, 0.1) is 16.8 Å². The molecule has 0 fully saturated rings. The van der Waals surface area contributed by atoms with E-state index >= 15 is 0 Å². The number of rotatable bonds is 4. The van der Waals surface area contributed by atoms with Crippen LogP contribution in [-0.4, -0.2) is 20.7 Å². The maximum atomic E-state index is 11.0. The molecule has 0 bridgehead atoms. The first kappa shape index (κ1) is 13.4. The van der Waals surface area contributed by atoms with Crippen LogP contribution in [0.1, 0.15) is 21.6 Å². The van der Waals surface area contributed by atoms with Crippen LogP contribution in [0.4, 0.5) is 5.82 Å². The molecule has 0 aliphatic heterocycles. The molecular weight excluding hydrogens is 266 g/mol. The Morgan fingerprint density at radius 2 is 2.26 bits per heavy atom. The molecule has 2 aromatic rings. The van der Waals surface area contributed by atoms with Crippen LogP contribution in [0.15, 0.2) is 18.5 Å². The number of aromatic nitrogens is 3. The normalized spacial score (nSPS) is 10.5. The molecule has 100 valence electrons. The van der Waals surface area contributed by atoms with Gasteiger partial charge in [0, 0.05) is 31.0 Å². The van der Waals surface area contributed by atoms with Gasteiger partial charge in [-0.3, -0.25) is 9.48 Å². The third kappa shape index (κ3) is 2.85. The van der Waals surface area contributed by atoms with Crippen molar-refractivity contribution in [2.24, 2.45) is 12.8 Å². The average Bonchev–Trinajstić information content (AvgIpc) is 2.68. The number of carbonyl (C=O) groups excluding carboxylic acids is 1. The fourth-order valence-corrected chi connectivity index (χ4v) is 1.83. The highest BCUT2D eigenvalue weighted by Crippen LogP contribution is 2.21. The topological polar surface area (TPSA) is 85.8 Å². The van der Waals surface area contributed by atoms with Crippen molar-refractivity contribution < 1.29 is 4.79 Å². The summed E-state index contributed by atoms with van der Waals surface area (Å²) in [5, 5.41) is 7.61. The van der Waals surface area contributed by atoms with Gasteiger partial charge in [-0.25, -0.2) is 4.98 Å². The summed E-state index contributed by atoms with van der Waals surface area (Å²) in [6.45, 7) is 2.54. The maximum absolute atomic E-state index is 11.0. The van der Waals surface area contributed by atoms with Crippen LogP contribution in [0, 0.1) is 6.92 Å². The molecule has 1 amide bonds. The summed E-state index contributed by atoms with van der Waals surface area (Å²) in [6, 6.07) is 1.50. The first-order valence-corrected chi connectivity index (χ1v) is 6.03. The first-order chi connectivity index (χ1) is 8.99. The molecule has 0 saturated carbocycles. The van der Waals surface area contributed by atoms with Gasteiger partial charge in [0.25, 0.3) is 0 Å². The molecule has 7 heteroatoms. The molecule has 3 N–H and O–H groups in total. The number of anilines is 1. The molecule has 19 heavy (non-hydrogen) atoms. The smallest absolute Gasteiger partial charge is 0.250 e. The van der Waals surface area contributed by atoms with E-state index in [1.54, 1.807) is 10.9 Å². The van der Waals surface area contributed by atoms with Crippen LogP contribution in [0.5, 0.6) is 0 Å². The minimum atomic E-state index is -0.552. The molecule has 0 unspecified atom stereocenters. The van der Waals surface area contributed by atoms with E-state index in [9.17, 15) is 4.79 Å². The Morgan fingerprint density at radius 3 is 2.79 bits per heavy atom. The predicted octanol–water partition coefficient (Wildman–Crippen LogP) is 1.49. The Labute approximate surface area is 115 Å². The van der Waals surface area contributed by atoms with Crippen molar-refractivity contribution in [1.29, 1.82) is 0 Å². The van der Waals surface area contributed by atoms with E-state index in [0.29, 0.717) is 17.4 Å². The van der Waals surface area contributed by atoms with Crippen LogP contribution < -0.4 is 11.1 Å². The van der Waals surface area contributed by atoms with Crippen molar-refractivity contribution in [1.82, 2.24) is 14.8 Å². The third-order valence-corrected chi connectivity index (χ3v) is 3.20. The van der Waals surface area contributed by atoms with Crippen LogP contribution in [-0.2, 0) is 13.6 Å². The summed E-state index contributed by atoms with van der Waals surface area (Å²) in [6.07, 6.45) is 3.18. The number of pyridine rings is 1. The van der Waals surface area contributed by atoms with Gasteiger partial charge < -0.3 is 11.1 Å². The van der Waals surface area contributed by atoms with Crippen LogP contribution in [0.25, 0.3) is 0 Å². The predicted molar refractivity (Wildman–Crippen MR) is 73.0 cm³/mol. The third-order valence-electron chi connectivity index (χ3n) is 2.91. The summed E-state index contributed by atoms with van der Waals surface area (Å²) < 4.78 is 1.79. The second-order valence-electron chi connectivity index (χ2n) is 4.15. The molecule has 0 saturated heterocycles. The van der Waals surface area contributed by atoms with Crippen LogP contribution in [0.3, 0.4) is 0 Å². The standard InChI is InChI=1S/C12H14ClN5O/c1-7-9(6-17-18(7)2)5-16-12-10(13)3-8(4-15-12)11(14)19/h3-4,6H,5H2,1-2H3,(H2,14,19)(H,15,16). The highest BCUT2D eigenvalue weighted by molar-refractivity contribution is 6.33. The zero-order chi connectivity index (χ0) is 14.0. The number of amides is 1.